The van der Waals surface area contributed by atoms with Crippen LogP contribution in [-0.4, -0.2) is 21.1 Å². The molecule has 7 nitrogen and oxygen atoms in total. The minimum absolute atomic E-state index is 0.210. The van der Waals surface area contributed by atoms with E-state index in [9.17, 15) is 15.0 Å². The zero-order chi connectivity index (χ0) is 26.0. The lowest BCUT2D eigenvalue weighted by molar-refractivity contribution is -0.113. The highest BCUT2D eigenvalue weighted by Gasteiger charge is 2.16. The molecule has 184 valence electrons. The summed E-state index contributed by atoms with van der Waals surface area (Å²) in [7, 11) is 0. The molecule has 0 atom stereocenters. The minimum atomic E-state index is -0.617. The SMILES string of the molecule is C/C(O)=C(\N=N\c1ccc(-c2nc3ccc(C)c(C)c3s2)cc1)C(=O)Nc1cc(C)c(C)cc1CO. The van der Waals surface area contributed by atoms with E-state index in [0.29, 0.717) is 16.9 Å². The number of aryl methyl sites for hydroxylation is 4. The number of aromatic nitrogens is 1. The topological polar surface area (TPSA) is 107 Å². The van der Waals surface area contributed by atoms with Gasteiger partial charge < -0.3 is 15.5 Å². The van der Waals surface area contributed by atoms with E-state index in [2.05, 4.69) is 35.5 Å². The van der Waals surface area contributed by atoms with Gasteiger partial charge in [0.15, 0.2) is 5.70 Å². The van der Waals surface area contributed by atoms with E-state index in [0.717, 1.165) is 27.2 Å². The van der Waals surface area contributed by atoms with Crippen molar-refractivity contribution in [2.45, 2.75) is 41.2 Å². The highest BCUT2D eigenvalue weighted by atomic mass is 32.1. The Hall–Kier alpha value is -3.88. The number of thiazole rings is 1. The molecule has 4 aromatic rings. The molecule has 4 rings (SSSR count). The van der Waals surface area contributed by atoms with Gasteiger partial charge in [-0.25, -0.2) is 4.98 Å². The number of anilines is 1. The van der Waals surface area contributed by atoms with Gasteiger partial charge in [0.05, 0.1) is 22.5 Å². The summed E-state index contributed by atoms with van der Waals surface area (Å²) in [6.07, 6.45) is 0. The maximum absolute atomic E-state index is 12.8. The summed E-state index contributed by atoms with van der Waals surface area (Å²) >= 11 is 1.65. The number of hydrogen-bond donors (Lipinski definition) is 3. The standard InChI is InChI=1S/C28H28N4O3S/c1-15-6-11-23-26(18(15)4)36-28(30-23)20-7-9-22(10-8-20)31-32-25(19(5)34)27(35)29-24-13-17(3)16(2)12-21(24)14-33/h6-13,33-34H,14H2,1-5H3,(H,29,35)/b25-19+,32-31+. The molecule has 1 amide bonds. The van der Waals surface area contributed by atoms with Gasteiger partial charge in [-0.3, -0.25) is 4.79 Å². The van der Waals surface area contributed by atoms with E-state index in [4.69, 9.17) is 4.98 Å². The summed E-state index contributed by atoms with van der Waals surface area (Å²) in [4.78, 5) is 17.6. The first-order chi connectivity index (χ1) is 17.2. The quantitative estimate of drug-likeness (QED) is 0.148. The van der Waals surface area contributed by atoms with Gasteiger partial charge in [-0.1, -0.05) is 12.1 Å². The average Bonchev–Trinajstić information content (AvgIpc) is 3.29. The molecule has 0 saturated heterocycles. The molecule has 0 aliphatic heterocycles. The number of aliphatic hydroxyl groups excluding tert-OH is 2. The zero-order valence-electron chi connectivity index (χ0n) is 20.9. The molecule has 0 radical (unpaired) electrons. The Morgan fingerprint density at radius 3 is 2.36 bits per heavy atom. The first kappa shape index (κ1) is 25.2. The molecule has 1 heterocycles. The Morgan fingerprint density at radius 2 is 1.69 bits per heavy atom. The maximum atomic E-state index is 12.8. The molecule has 8 heteroatoms. The van der Waals surface area contributed by atoms with E-state index in [-0.39, 0.29) is 18.1 Å². The third-order valence-corrected chi connectivity index (χ3v) is 7.39. The summed E-state index contributed by atoms with van der Waals surface area (Å²) in [6, 6.07) is 15.1. The van der Waals surface area contributed by atoms with E-state index in [1.165, 1.54) is 22.8 Å². The lowest BCUT2D eigenvalue weighted by atomic mass is 10.0. The molecule has 0 aliphatic carbocycles. The molecular weight excluding hydrogens is 472 g/mol. The predicted octanol–water partition coefficient (Wildman–Crippen LogP) is 7.20. The minimum Gasteiger partial charge on any atom is -0.510 e. The molecule has 3 N–H and O–H groups in total. The van der Waals surface area contributed by atoms with Gasteiger partial charge in [-0.2, -0.15) is 5.11 Å². The van der Waals surface area contributed by atoms with Gasteiger partial charge in [0.1, 0.15) is 10.8 Å². The molecule has 0 bridgehead atoms. The molecule has 1 aromatic heterocycles. The number of amides is 1. The number of carbonyl (C=O) groups is 1. The predicted molar refractivity (Wildman–Crippen MR) is 145 cm³/mol. The van der Waals surface area contributed by atoms with Crippen LogP contribution in [0.1, 0.15) is 34.7 Å². The molecule has 0 fully saturated rings. The highest BCUT2D eigenvalue weighted by molar-refractivity contribution is 7.21. The normalized spacial score (nSPS) is 12.3. The summed E-state index contributed by atoms with van der Waals surface area (Å²) in [6.45, 7) is 9.20. The number of rotatable bonds is 6. The van der Waals surface area contributed by atoms with E-state index in [1.807, 2.05) is 38.1 Å². The van der Waals surface area contributed by atoms with Crippen molar-refractivity contribution in [1.29, 1.82) is 0 Å². The van der Waals surface area contributed by atoms with Crippen LogP contribution >= 0.6 is 11.3 Å². The molecule has 0 saturated carbocycles. The largest absolute Gasteiger partial charge is 0.510 e. The van der Waals surface area contributed by atoms with Crippen LogP contribution in [0.5, 0.6) is 0 Å². The number of carbonyl (C=O) groups excluding carboxylic acids is 1. The first-order valence-electron chi connectivity index (χ1n) is 11.5. The second kappa shape index (κ2) is 10.4. The van der Waals surface area contributed by atoms with Crippen molar-refractivity contribution in [1.82, 2.24) is 4.98 Å². The van der Waals surface area contributed by atoms with Crippen LogP contribution in [0.15, 0.2) is 70.2 Å². The van der Waals surface area contributed by atoms with Crippen LogP contribution in [-0.2, 0) is 11.4 Å². The second-order valence-electron chi connectivity index (χ2n) is 8.76. The number of benzene rings is 3. The molecule has 0 unspecified atom stereocenters. The lowest BCUT2D eigenvalue weighted by Gasteiger charge is -2.12. The summed E-state index contributed by atoms with van der Waals surface area (Å²) in [5, 5.41) is 31.5. The van der Waals surface area contributed by atoms with E-state index < -0.39 is 5.91 Å². The molecule has 3 aromatic carbocycles. The van der Waals surface area contributed by atoms with Crippen molar-refractivity contribution in [3.05, 3.63) is 87.8 Å². The average molecular weight is 501 g/mol. The Morgan fingerprint density at radius 1 is 1.00 bits per heavy atom. The fraction of sp³-hybridized carbons (Fsp3) is 0.214. The number of nitrogens with zero attached hydrogens (tertiary/aromatic N) is 3. The van der Waals surface area contributed by atoms with Crippen LogP contribution in [0.3, 0.4) is 0 Å². The molecule has 36 heavy (non-hydrogen) atoms. The van der Waals surface area contributed by atoms with Crippen molar-refractivity contribution < 1.29 is 15.0 Å². The van der Waals surface area contributed by atoms with Gasteiger partial charge in [0, 0.05) is 16.8 Å². The third kappa shape index (κ3) is 5.19. The number of hydrogen-bond acceptors (Lipinski definition) is 7. The fourth-order valence-corrected chi connectivity index (χ4v) is 4.83. The smallest absolute Gasteiger partial charge is 0.279 e. The maximum Gasteiger partial charge on any atom is 0.279 e. The number of allylic oxidation sites excluding steroid dienone is 1. The van der Waals surface area contributed by atoms with Crippen LogP contribution in [0.4, 0.5) is 11.4 Å². The van der Waals surface area contributed by atoms with Crippen molar-refractivity contribution in [3.8, 4) is 10.6 Å². The third-order valence-electron chi connectivity index (χ3n) is 6.15. The van der Waals surface area contributed by atoms with Crippen molar-refractivity contribution >= 4 is 38.8 Å². The zero-order valence-corrected chi connectivity index (χ0v) is 21.7. The van der Waals surface area contributed by atoms with E-state index in [1.54, 1.807) is 29.5 Å². The highest BCUT2D eigenvalue weighted by Crippen LogP contribution is 2.34. The summed E-state index contributed by atoms with van der Waals surface area (Å²) in [5.74, 6) is -0.879. The summed E-state index contributed by atoms with van der Waals surface area (Å²) < 4.78 is 1.18. The Labute approximate surface area is 213 Å². The monoisotopic (exact) mass is 500 g/mol. The number of azo groups is 1. The van der Waals surface area contributed by atoms with Crippen LogP contribution in [0.2, 0.25) is 0 Å². The van der Waals surface area contributed by atoms with Gasteiger partial charge in [0.2, 0.25) is 0 Å². The molecule has 0 aliphatic rings. The van der Waals surface area contributed by atoms with Crippen molar-refractivity contribution in [2.24, 2.45) is 10.2 Å². The Balaban J connectivity index is 1.54. The second-order valence-corrected chi connectivity index (χ2v) is 9.76. The Kier molecular flexibility index (Phi) is 7.28. The molecule has 0 spiro atoms. The van der Waals surface area contributed by atoms with E-state index >= 15 is 0 Å². The van der Waals surface area contributed by atoms with Crippen LogP contribution in [0, 0.1) is 27.7 Å². The van der Waals surface area contributed by atoms with Gasteiger partial charge in [-0.15, -0.1) is 16.5 Å². The van der Waals surface area contributed by atoms with Crippen LogP contribution < -0.4 is 5.32 Å². The van der Waals surface area contributed by atoms with Gasteiger partial charge >= 0.3 is 0 Å². The van der Waals surface area contributed by atoms with Gasteiger partial charge in [0.25, 0.3) is 5.91 Å². The number of aliphatic hydroxyl groups is 2. The van der Waals surface area contributed by atoms with Crippen molar-refractivity contribution in [2.75, 3.05) is 5.32 Å². The van der Waals surface area contributed by atoms with Crippen LogP contribution in [0.25, 0.3) is 20.8 Å². The molecular formula is C28H28N4O3S. The van der Waals surface area contributed by atoms with Gasteiger partial charge in [-0.05, 0) is 93.3 Å². The fourth-order valence-electron chi connectivity index (χ4n) is 3.71. The first-order valence-corrected chi connectivity index (χ1v) is 12.3. The number of fused-ring (bicyclic) bond motifs is 1. The van der Waals surface area contributed by atoms with Crippen molar-refractivity contribution in [3.63, 3.8) is 0 Å². The number of nitrogens with one attached hydrogen (secondary N) is 1. The Bertz CT molecular complexity index is 1510. The summed E-state index contributed by atoms with van der Waals surface area (Å²) in [5.41, 5.74) is 7.76. The lowest BCUT2D eigenvalue weighted by Crippen LogP contribution is -2.16.